The molecule has 0 unspecified atom stereocenters. The number of likely N-dealkylation sites (tertiary alicyclic amines) is 1. The predicted molar refractivity (Wildman–Crippen MR) is 119 cm³/mol. The van der Waals surface area contributed by atoms with Crippen LogP contribution in [0.15, 0.2) is 41.3 Å². The number of fused-ring (bicyclic) bond motifs is 1. The topological polar surface area (TPSA) is 110 Å². The van der Waals surface area contributed by atoms with Gasteiger partial charge in [-0.25, -0.2) is 22.3 Å². The van der Waals surface area contributed by atoms with Gasteiger partial charge in [0, 0.05) is 17.2 Å². The van der Waals surface area contributed by atoms with Gasteiger partial charge in [0.2, 0.25) is 15.9 Å². The maximum Gasteiger partial charge on any atom is 0.254 e. The molecule has 3 aliphatic rings. The number of benzene rings is 2. The second-order valence-electron chi connectivity index (χ2n) is 9.21. The van der Waals surface area contributed by atoms with Gasteiger partial charge >= 0.3 is 0 Å². The zero-order valence-electron chi connectivity index (χ0n) is 17.9. The van der Waals surface area contributed by atoms with Crippen LogP contribution in [0.4, 0.5) is 8.78 Å². The third-order valence-electron chi connectivity index (χ3n) is 6.82. The van der Waals surface area contributed by atoms with Crippen molar-refractivity contribution in [2.24, 2.45) is 17.0 Å². The van der Waals surface area contributed by atoms with Crippen LogP contribution in [0.3, 0.4) is 0 Å². The fraction of sp³-hybridized carbons (Fsp3) is 0.391. The Labute approximate surface area is 200 Å². The maximum absolute atomic E-state index is 14.6. The number of sulfonamides is 1. The van der Waals surface area contributed by atoms with E-state index in [9.17, 15) is 26.8 Å². The molecule has 3 fully saturated rings. The van der Waals surface area contributed by atoms with E-state index < -0.39 is 45.6 Å². The first-order valence-electron chi connectivity index (χ1n) is 10.9. The molecule has 3 N–H and O–H groups in total. The number of carbonyl (C=O) groups excluding carboxylic acids is 2. The number of hydrogen-bond donors (Lipinski definition) is 2. The molecule has 2 saturated carbocycles. The Kier molecular flexibility index (Phi) is 5.65. The minimum atomic E-state index is -4.00. The number of nitrogens with zero attached hydrogens (tertiary/aromatic N) is 1. The molecule has 7 nitrogen and oxygen atoms in total. The molecule has 2 amide bonds. The van der Waals surface area contributed by atoms with Crippen LogP contribution in [0, 0.1) is 23.5 Å². The van der Waals surface area contributed by atoms with Crippen LogP contribution in [0.25, 0.3) is 0 Å². The minimum absolute atomic E-state index is 0.0274. The van der Waals surface area contributed by atoms with Crippen LogP contribution in [0.1, 0.15) is 47.6 Å². The van der Waals surface area contributed by atoms with Crippen LogP contribution >= 0.6 is 11.6 Å². The average molecular weight is 510 g/mol. The third kappa shape index (κ3) is 4.30. The molecule has 0 radical (unpaired) electrons. The molecule has 11 heteroatoms. The van der Waals surface area contributed by atoms with Gasteiger partial charge in [0.15, 0.2) is 0 Å². The summed E-state index contributed by atoms with van der Waals surface area (Å²) < 4.78 is 52.0. The lowest BCUT2D eigenvalue weighted by Crippen LogP contribution is -2.49. The number of amides is 2. The molecular formula is C23H22ClF2N3O4S. The van der Waals surface area contributed by atoms with Crippen molar-refractivity contribution in [3.05, 3.63) is 64.2 Å². The number of carbonyl (C=O) groups is 2. The van der Waals surface area contributed by atoms with Crippen molar-refractivity contribution in [2.75, 3.05) is 0 Å². The Balaban J connectivity index is 1.40. The quantitative estimate of drug-likeness (QED) is 0.583. The Morgan fingerprint density at radius 3 is 2.53 bits per heavy atom. The molecular weight excluding hydrogens is 488 g/mol. The van der Waals surface area contributed by atoms with Crippen molar-refractivity contribution >= 4 is 33.4 Å². The molecule has 0 aromatic heterocycles. The highest BCUT2D eigenvalue weighted by atomic mass is 35.5. The summed E-state index contributed by atoms with van der Waals surface area (Å²) in [4.78, 5) is 27.9. The van der Waals surface area contributed by atoms with E-state index in [2.05, 4.69) is 5.32 Å². The van der Waals surface area contributed by atoms with Gasteiger partial charge in [0.1, 0.15) is 17.7 Å². The van der Waals surface area contributed by atoms with E-state index in [1.54, 1.807) is 0 Å². The molecule has 1 saturated heterocycles. The summed E-state index contributed by atoms with van der Waals surface area (Å²) in [5.41, 5.74) is 0.140. The molecule has 5 rings (SSSR count). The Morgan fingerprint density at radius 2 is 1.85 bits per heavy atom. The molecule has 34 heavy (non-hydrogen) atoms. The van der Waals surface area contributed by atoms with Crippen molar-refractivity contribution in [3.8, 4) is 0 Å². The highest BCUT2D eigenvalue weighted by Crippen LogP contribution is 2.49. The van der Waals surface area contributed by atoms with Gasteiger partial charge in [-0.15, -0.1) is 0 Å². The predicted octanol–water partition coefficient (Wildman–Crippen LogP) is 3.14. The summed E-state index contributed by atoms with van der Waals surface area (Å²) >= 11 is 5.68. The highest BCUT2D eigenvalue weighted by molar-refractivity contribution is 7.89. The smallest absolute Gasteiger partial charge is 0.254 e. The zero-order chi connectivity index (χ0) is 24.4. The monoisotopic (exact) mass is 509 g/mol. The number of hydrogen-bond acceptors (Lipinski definition) is 4. The van der Waals surface area contributed by atoms with Gasteiger partial charge in [-0.1, -0.05) is 17.7 Å². The van der Waals surface area contributed by atoms with Gasteiger partial charge in [-0.2, -0.15) is 0 Å². The van der Waals surface area contributed by atoms with Crippen LogP contribution in [-0.4, -0.2) is 37.2 Å². The van der Waals surface area contributed by atoms with Gasteiger partial charge in [0.25, 0.3) is 5.91 Å². The van der Waals surface area contributed by atoms with Gasteiger partial charge in [-0.05, 0) is 67.9 Å². The van der Waals surface area contributed by atoms with E-state index >= 15 is 0 Å². The second-order valence-corrected chi connectivity index (χ2v) is 11.2. The van der Waals surface area contributed by atoms with E-state index in [1.165, 1.54) is 29.2 Å². The first-order chi connectivity index (χ1) is 16.0. The molecule has 0 spiro atoms. The lowest BCUT2D eigenvalue weighted by Gasteiger charge is -2.29. The maximum atomic E-state index is 14.6. The highest BCUT2D eigenvalue weighted by Gasteiger charge is 2.56. The molecule has 180 valence electrons. The molecule has 2 aromatic rings. The van der Waals surface area contributed by atoms with E-state index in [-0.39, 0.29) is 38.9 Å². The summed E-state index contributed by atoms with van der Waals surface area (Å²) in [6.45, 7) is 0. The van der Waals surface area contributed by atoms with Crippen LogP contribution < -0.4 is 10.5 Å². The first kappa shape index (κ1) is 23.2. The Hall–Kier alpha value is -2.56. The van der Waals surface area contributed by atoms with E-state index in [0.717, 1.165) is 31.4 Å². The van der Waals surface area contributed by atoms with E-state index in [1.807, 2.05) is 0 Å². The number of primary sulfonamides is 1. The summed E-state index contributed by atoms with van der Waals surface area (Å²) in [5, 5.41) is 7.69. The van der Waals surface area contributed by atoms with Crippen LogP contribution in [0.2, 0.25) is 5.02 Å². The number of nitrogens with one attached hydrogen (secondary N) is 1. The van der Waals surface area contributed by atoms with Crippen molar-refractivity contribution in [1.82, 2.24) is 10.2 Å². The third-order valence-corrected chi connectivity index (χ3v) is 8.02. The SMILES string of the molecule is NS(=O)(=O)c1cccc(C(=O)N2[C@@H](C(=O)N[C@@H](c3cc(F)c(Cl)cc3F)C3CC3)C[C@H]3C[C@H]32)c1. The first-order valence-corrected chi connectivity index (χ1v) is 12.9. The van der Waals surface area contributed by atoms with E-state index in [4.69, 9.17) is 16.7 Å². The summed E-state index contributed by atoms with van der Waals surface area (Å²) in [6, 6.07) is 5.63. The number of piperidine rings is 1. The average Bonchev–Trinajstić information content (AvgIpc) is 3.72. The van der Waals surface area contributed by atoms with Crippen molar-refractivity contribution in [1.29, 1.82) is 0 Å². The standard InChI is InChI=1S/C23H22ClF2N3O4S/c24-16-10-17(25)15(9-18(16)26)21(11-4-5-11)28-22(30)20-8-13-7-19(13)29(20)23(31)12-2-1-3-14(6-12)34(27,32)33/h1-3,6,9-11,13,19-21H,4-5,7-8H2,(H,28,30)(H2,27,32,33)/t13-,19-,20-,21-/m1/s1. The molecule has 1 heterocycles. The van der Waals surface area contributed by atoms with Gasteiger partial charge in [0.05, 0.1) is 16.0 Å². The molecule has 2 aliphatic carbocycles. The number of nitrogens with two attached hydrogens (primary N) is 1. The van der Waals surface area contributed by atoms with Crippen LogP contribution in [0.5, 0.6) is 0 Å². The summed E-state index contributed by atoms with van der Waals surface area (Å²) in [7, 11) is -4.00. The van der Waals surface area contributed by atoms with Crippen molar-refractivity contribution in [3.63, 3.8) is 0 Å². The zero-order valence-corrected chi connectivity index (χ0v) is 19.5. The molecule has 0 bridgehead atoms. The number of rotatable bonds is 6. The van der Waals surface area contributed by atoms with Crippen molar-refractivity contribution in [2.45, 2.75) is 48.7 Å². The lowest BCUT2D eigenvalue weighted by atomic mass is 10.00. The fourth-order valence-electron chi connectivity index (χ4n) is 4.84. The van der Waals surface area contributed by atoms with Gasteiger partial charge < -0.3 is 10.2 Å². The second kappa shape index (κ2) is 8.28. The van der Waals surface area contributed by atoms with Gasteiger partial charge in [-0.3, -0.25) is 9.59 Å². The van der Waals surface area contributed by atoms with E-state index in [0.29, 0.717) is 6.42 Å². The Bertz CT molecular complexity index is 1300. The summed E-state index contributed by atoms with van der Waals surface area (Å²) in [6.07, 6.45) is 2.72. The molecule has 2 aromatic carbocycles. The van der Waals surface area contributed by atoms with Crippen LogP contribution in [-0.2, 0) is 14.8 Å². The lowest BCUT2D eigenvalue weighted by molar-refractivity contribution is -0.126. The largest absolute Gasteiger partial charge is 0.347 e. The molecule has 4 atom stereocenters. The Morgan fingerprint density at radius 1 is 1.12 bits per heavy atom. The number of halogens is 3. The summed E-state index contributed by atoms with van der Waals surface area (Å²) in [5.74, 6) is -2.26. The fourth-order valence-corrected chi connectivity index (χ4v) is 5.55. The molecule has 1 aliphatic heterocycles. The normalized spacial score (nSPS) is 24.5. The minimum Gasteiger partial charge on any atom is -0.347 e. The van der Waals surface area contributed by atoms with Crippen molar-refractivity contribution < 1.29 is 26.8 Å².